The van der Waals surface area contributed by atoms with Crippen molar-refractivity contribution in [3.8, 4) is 0 Å². The first kappa shape index (κ1) is 29.6. The second-order valence-corrected chi connectivity index (χ2v) is 11.2. The highest BCUT2D eigenvalue weighted by Crippen LogP contribution is 2.61. The summed E-state index contributed by atoms with van der Waals surface area (Å²) in [6.45, 7) is 6.46. The molecule has 2 heterocycles. The van der Waals surface area contributed by atoms with E-state index in [1.54, 1.807) is 43.0 Å². The molecule has 42 heavy (non-hydrogen) atoms. The van der Waals surface area contributed by atoms with Crippen molar-refractivity contribution in [3.05, 3.63) is 122 Å². The van der Waals surface area contributed by atoms with Crippen LogP contribution in [0.1, 0.15) is 71.3 Å². The van der Waals surface area contributed by atoms with Crippen LogP contribution in [0.5, 0.6) is 0 Å². The Kier molecular flexibility index (Phi) is 8.55. The molecule has 2 aromatic carbocycles. The Balaban J connectivity index is 1.50. The van der Waals surface area contributed by atoms with Crippen LogP contribution in [-0.4, -0.2) is 34.2 Å². The molecule has 3 atom stereocenters. The van der Waals surface area contributed by atoms with Gasteiger partial charge in [0.1, 0.15) is 22.4 Å². The molecule has 2 aliphatic rings. The maximum atomic E-state index is 15.9. The molecule has 9 heteroatoms. The van der Waals surface area contributed by atoms with Gasteiger partial charge in [0.05, 0.1) is 11.8 Å². The number of allylic oxidation sites excluding steroid dienone is 2. The molecule has 0 N–H and O–H groups in total. The number of aliphatic imine (C=N–C) groups is 1. The van der Waals surface area contributed by atoms with Gasteiger partial charge in [0.2, 0.25) is 0 Å². The van der Waals surface area contributed by atoms with E-state index in [4.69, 9.17) is 11.6 Å². The largest absolute Gasteiger partial charge is 0.339 e. The first-order valence-corrected chi connectivity index (χ1v) is 14.3. The smallest absolute Gasteiger partial charge is 0.273 e. The zero-order valence-corrected chi connectivity index (χ0v) is 24.3. The predicted molar refractivity (Wildman–Crippen MR) is 160 cm³/mol. The molecule has 1 aliphatic carbocycles. The lowest BCUT2D eigenvalue weighted by atomic mass is 10.0. The van der Waals surface area contributed by atoms with Crippen LogP contribution in [0.25, 0.3) is 6.20 Å². The number of aromatic nitrogens is 1. The molecule has 1 aliphatic heterocycles. The van der Waals surface area contributed by atoms with Gasteiger partial charge in [0.25, 0.3) is 11.5 Å². The molecule has 5 nitrogen and oxygen atoms in total. The average Bonchev–Trinajstić information content (AvgIpc) is 3.35. The third-order valence-electron chi connectivity index (χ3n) is 8.10. The number of carbonyl (C=O) groups is 1. The number of carbonyl (C=O) groups excluding carboxylic acids is 1. The van der Waals surface area contributed by atoms with Gasteiger partial charge in [-0.25, -0.2) is 13.2 Å². The van der Waals surface area contributed by atoms with Crippen molar-refractivity contribution in [2.75, 3.05) is 13.1 Å². The molecule has 1 aromatic heterocycles. The first-order valence-electron chi connectivity index (χ1n) is 14.0. The molecule has 5 rings (SSSR count). The van der Waals surface area contributed by atoms with Crippen molar-refractivity contribution in [3.63, 3.8) is 0 Å². The van der Waals surface area contributed by atoms with Gasteiger partial charge in [-0.05, 0) is 85.9 Å². The van der Waals surface area contributed by atoms with Gasteiger partial charge in [0, 0.05) is 30.5 Å². The molecule has 3 aromatic rings. The van der Waals surface area contributed by atoms with Crippen molar-refractivity contribution in [2.45, 2.75) is 45.4 Å². The Morgan fingerprint density at radius 1 is 1.05 bits per heavy atom. The van der Waals surface area contributed by atoms with Crippen molar-refractivity contribution in [2.24, 2.45) is 10.9 Å². The van der Waals surface area contributed by atoms with E-state index in [9.17, 15) is 14.0 Å². The summed E-state index contributed by atoms with van der Waals surface area (Å²) in [5.74, 6) is -2.44. The van der Waals surface area contributed by atoms with Crippen LogP contribution >= 0.6 is 11.6 Å². The maximum Gasteiger partial charge on any atom is 0.273 e. The van der Waals surface area contributed by atoms with E-state index in [0.717, 1.165) is 29.2 Å². The maximum absolute atomic E-state index is 15.9. The lowest BCUT2D eigenvalue weighted by Gasteiger charge is -2.17. The number of benzene rings is 2. The monoisotopic (exact) mass is 593 g/mol. The molecular weight excluding hydrogens is 563 g/mol. The normalized spacial score (nSPS) is 20.9. The summed E-state index contributed by atoms with van der Waals surface area (Å²) in [6, 6.07) is 12.2. The Labute approximate surface area is 247 Å². The van der Waals surface area contributed by atoms with E-state index in [1.807, 2.05) is 6.92 Å². The van der Waals surface area contributed by atoms with Crippen LogP contribution in [0.3, 0.4) is 0 Å². The Hall–Kier alpha value is -3.91. The van der Waals surface area contributed by atoms with Crippen LogP contribution in [-0.2, 0) is 0 Å². The summed E-state index contributed by atoms with van der Waals surface area (Å²) >= 11 is 6.57. The number of halogens is 4. The number of amides is 1. The fraction of sp³-hybridized carbons (Fsp3) is 0.303. The lowest BCUT2D eigenvalue weighted by molar-refractivity contribution is 0.0788. The molecule has 1 saturated heterocycles. The van der Waals surface area contributed by atoms with Gasteiger partial charge in [-0.3, -0.25) is 19.1 Å². The second-order valence-electron chi connectivity index (χ2n) is 10.8. The van der Waals surface area contributed by atoms with Crippen LogP contribution < -0.4 is 5.56 Å². The van der Waals surface area contributed by atoms with Crippen molar-refractivity contribution in [1.82, 2.24) is 9.47 Å². The standard InChI is InChI=1S/C33H31ClF3N3O2/c1-4-14-38-31(23-8-7-9-24(30(23)37)32(41)39-15-5-6-16-39)26(36)18-40-19(2)17-25(29(34)33(40)42)28-20(3)27(28)21-10-12-22(35)13-11-21/h4,7-14,17-18,20,27-28H,5-6,15-16H2,1-3H3/b14-4+,26-18-,38-31+. The lowest BCUT2D eigenvalue weighted by Crippen LogP contribution is -2.29. The number of hydrogen-bond acceptors (Lipinski definition) is 3. The molecule has 0 radical (unpaired) electrons. The van der Waals surface area contributed by atoms with Crippen molar-refractivity contribution >= 4 is 29.4 Å². The summed E-state index contributed by atoms with van der Waals surface area (Å²) in [4.78, 5) is 32.0. The van der Waals surface area contributed by atoms with Crippen LogP contribution in [0.4, 0.5) is 13.2 Å². The minimum Gasteiger partial charge on any atom is -0.339 e. The molecule has 0 spiro atoms. The summed E-state index contributed by atoms with van der Waals surface area (Å²) in [6.07, 6.45) is 5.51. The summed E-state index contributed by atoms with van der Waals surface area (Å²) in [5, 5.41) is -0.0394. The quantitative estimate of drug-likeness (QED) is 0.264. The Bertz CT molecular complexity index is 1670. The van der Waals surface area contributed by atoms with E-state index in [0.29, 0.717) is 24.3 Å². The molecule has 1 amide bonds. The highest BCUT2D eigenvalue weighted by molar-refractivity contribution is 6.31. The van der Waals surface area contributed by atoms with Crippen LogP contribution in [0, 0.1) is 24.5 Å². The van der Waals surface area contributed by atoms with Gasteiger partial charge in [-0.1, -0.05) is 42.8 Å². The Morgan fingerprint density at radius 3 is 2.38 bits per heavy atom. The number of rotatable bonds is 7. The summed E-state index contributed by atoms with van der Waals surface area (Å²) in [5.41, 5.74) is 0.681. The molecule has 2 fully saturated rings. The number of likely N-dealkylation sites (tertiary alicyclic amines) is 1. The first-order chi connectivity index (χ1) is 20.1. The van der Waals surface area contributed by atoms with Gasteiger partial charge in [0.15, 0.2) is 5.83 Å². The molecule has 0 bridgehead atoms. The number of hydrogen-bond donors (Lipinski definition) is 0. The molecular formula is C33H31ClF3N3O2. The second kappa shape index (κ2) is 12.1. The van der Waals surface area contributed by atoms with Crippen molar-refractivity contribution in [1.29, 1.82) is 0 Å². The fourth-order valence-electron chi connectivity index (χ4n) is 5.84. The van der Waals surface area contributed by atoms with Gasteiger partial charge in [-0.15, -0.1) is 0 Å². The van der Waals surface area contributed by atoms with Gasteiger partial charge >= 0.3 is 0 Å². The zero-order chi connectivity index (χ0) is 30.1. The Morgan fingerprint density at radius 2 is 1.71 bits per heavy atom. The van der Waals surface area contributed by atoms with Crippen LogP contribution in [0.15, 0.2) is 76.4 Å². The van der Waals surface area contributed by atoms with E-state index in [1.165, 1.54) is 36.5 Å². The van der Waals surface area contributed by atoms with Gasteiger partial charge < -0.3 is 4.90 Å². The van der Waals surface area contributed by atoms with Gasteiger partial charge in [-0.2, -0.15) is 0 Å². The number of pyridine rings is 1. The van der Waals surface area contributed by atoms with E-state index in [-0.39, 0.29) is 45.4 Å². The van der Waals surface area contributed by atoms with Crippen LogP contribution in [0.2, 0.25) is 5.02 Å². The summed E-state index contributed by atoms with van der Waals surface area (Å²) < 4.78 is 46.1. The fourth-order valence-corrected chi connectivity index (χ4v) is 6.11. The van der Waals surface area contributed by atoms with E-state index < -0.39 is 23.1 Å². The number of nitrogens with zero attached hydrogens (tertiary/aromatic N) is 3. The highest BCUT2D eigenvalue weighted by atomic mass is 35.5. The predicted octanol–water partition coefficient (Wildman–Crippen LogP) is 7.63. The van der Waals surface area contributed by atoms with E-state index >= 15 is 8.78 Å². The highest BCUT2D eigenvalue weighted by Gasteiger charge is 2.49. The summed E-state index contributed by atoms with van der Waals surface area (Å²) in [7, 11) is 0. The zero-order valence-electron chi connectivity index (χ0n) is 23.6. The molecule has 3 unspecified atom stereocenters. The van der Waals surface area contributed by atoms with Crippen molar-refractivity contribution < 1.29 is 18.0 Å². The average molecular weight is 594 g/mol. The van der Waals surface area contributed by atoms with E-state index in [2.05, 4.69) is 4.99 Å². The number of aryl methyl sites for hydroxylation is 1. The minimum absolute atomic E-state index is 0.0394. The molecule has 218 valence electrons. The third kappa shape index (κ3) is 5.60. The topological polar surface area (TPSA) is 54.7 Å². The third-order valence-corrected chi connectivity index (χ3v) is 8.48. The minimum atomic E-state index is -0.976. The molecule has 1 saturated carbocycles. The SMILES string of the molecule is C/C=C/N=C(/C(F)=C/n1c(C)cc(C2C(C)C2c2ccc(F)cc2)c(Cl)c1=O)c1cccc(C(=O)N2CCCC2)c1F.